The number of rotatable bonds is 6. The molecule has 0 spiro atoms. The number of amides is 1. The smallest absolute Gasteiger partial charge is 0.251 e. The van der Waals surface area contributed by atoms with Crippen LogP contribution in [0.2, 0.25) is 0 Å². The van der Waals surface area contributed by atoms with E-state index in [1.807, 2.05) is 6.92 Å². The molecule has 1 heterocycles. The van der Waals surface area contributed by atoms with Crippen molar-refractivity contribution in [3.05, 3.63) is 23.8 Å². The minimum Gasteiger partial charge on any atom is -0.379 e. The summed E-state index contributed by atoms with van der Waals surface area (Å²) in [6, 6.07) is 5.19. The maximum absolute atomic E-state index is 12.1. The summed E-state index contributed by atoms with van der Waals surface area (Å²) in [5, 5.41) is 13.4. The summed E-state index contributed by atoms with van der Waals surface area (Å²) in [5.41, 5.74) is 2.00. The van der Waals surface area contributed by atoms with Gasteiger partial charge in [-0.25, -0.2) is 0 Å². The highest BCUT2D eigenvalue weighted by Gasteiger charge is 2.11. The van der Waals surface area contributed by atoms with Gasteiger partial charge in [0.25, 0.3) is 5.91 Å². The van der Waals surface area contributed by atoms with Crippen LogP contribution < -0.4 is 5.32 Å². The summed E-state index contributed by atoms with van der Waals surface area (Å²) in [6.45, 7) is 7.32. The van der Waals surface area contributed by atoms with Crippen LogP contribution in [-0.2, 0) is 4.74 Å². The normalized spacial score (nSPS) is 12.8. The third-order valence-corrected chi connectivity index (χ3v) is 2.78. The fourth-order valence-corrected chi connectivity index (χ4v) is 1.81. The molecule has 2 aromatic rings. The first kappa shape index (κ1) is 14.5. The van der Waals surface area contributed by atoms with Crippen molar-refractivity contribution in [3.8, 4) is 0 Å². The van der Waals surface area contributed by atoms with Crippen molar-refractivity contribution in [2.45, 2.75) is 26.8 Å². The van der Waals surface area contributed by atoms with E-state index in [9.17, 15) is 4.79 Å². The van der Waals surface area contributed by atoms with E-state index in [-0.39, 0.29) is 11.9 Å². The molecule has 0 bridgehead atoms. The van der Waals surface area contributed by atoms with Crippen molar-refractivity contribution < 1.29 is 9.53 Å². The molecule has 0 aliphatic heterocycles. The molecule has 6 nitrogen and oxygen atoms in total. The average molecular weight is 276 g/mol. The van der Waals surface area contributed by atoms with Crippen molar-refractivity contribution in [2.24, 2.45) is 5.92 Å². The van der Waals surface area contributed by atoms with Gasteiger partial charge in [-0.1, -0.05) is 13.8 Å². The van der Waals surface area contributed by atoms with Gasteiger partial charge in [-0.05, 0) is 31.0 Å². The summed E-state index contributed by atoms with van der Waals surface area (Å²) in [6.07, 6.45) is 0. The summed E-state index contributed by atoms with van der Waals surface area (Å²) in [7, 11) is 0. The van der Waals surface area contributed by atoms with Gasteiger partial charge in [-0.15, -0.1) is 0 Å². The molecule has 2 rings (SSSR count). The second kappa shape index (κ2) is 6.47. The monoisotopic (exact) mass is 276 g/mol. The van der Waals surface area contributed by atoms with E-state index in [0.29, 0.717) is 30.2 Å². The fraction of sp³-hybridized carbons (Fsp3) is 0.500. The molecule has 1 aromatic carbocycles. The van der Waals surface area contributed by atoms with Gasteiger partial charge in [0.15, 0.2) is 0 Å². The molecule has 1 unspecified atom stereocenters. The Kier molecular flexibility index (Phi) is 4.68. The first-order valence-corrected chi connectivity index (χ1v) is 6.75. The van der Waals surface area contributed by atoms with Crippen LogP contribution in [0.1, 0.15) is 31.1 Å². The van der Waals surface area contributed by atoms with Gasteiger partial charge in [0.1, 0.15) is 11.0 Å². The molecule has 1 atom stereocenters. The SMILES string of the molecule is CC(C)COCC(C)NC(=O)c1ccc2n[nH]nc2c1. The number of nitrogens with zero attached hydrogens (tertiary/aromatic N) is 2. The molecule has 0 aliphatic carbocycles. The average Bonchev–Trinajstić information content (AvgIpc) is 2.85. The number of carbonyl (C=O) groups excluding carboxylic acids is 1. The maximum atomic E-state index is 12.1. The van der Waals surface area contributed by atoms with E-state index < -0.39 is 0 Å². The number of hydrogen-bond donors (Lipinski definition) is 2. The Hall–Kier alpha value is -1.95. The standard InChI is InChI=1S/C14H20N4O2/c1-9(2)7-20-8-10(3)15-14(19)11-4-5-12-13(6-11)17-18-16-12/h4-6,9-10H,7-8H2,1-3H3,(H,15,19)(H,16,17,18). The van der Waals surface area contributed by atoms with Crippen LogP contribution in [-0.4, -0.2) is 40.6 Å². The molecule has 0 aliphatic rings. The van der Waals surface area contributed by atoms with Gasteiger partial charge in [0.05, 0.1) is 6.61 Å². The number of carbonyl (C=O) groups is 1. The van der Waals surface area contributed by atoms with E-state index in [4.69, 9.17) is 4.74 Å². The van der Waals surface area contributed by atoms with Crippen LogP contribution in [0, 0.1) is 5.92 Å². The number of nitrogens with one attached hydrogen (secondary N) is 2. The molecular formula is C14H20N4O2. The molecule has 108 valence electrons. The maximum Gasteiger partial charge on any atom is 0.251 e. The van der Waals surface area contributed by atoms with Gasteiger partial charge in [-0.2, -0.15) is 15.4 Å². The third-order valence-electron chi connectivity index (χ3n) is 2.78. The van der Waals surface area contributed by atoms with E-state index in [0.717, 1.165) is 5.52 Å². The number of hydrogen-bond acceptors (Lipinski definition) is 4. The highest BCUT2D eigenvalue weighted by atomic mass is 16.5. The Balaban J connectivity index is 1.90. The van der Waals surface area contributed by atoms with Crippen molar-refractivity contribution in [1.29, 1.82) is 0 Å². The number of ether oxygens (including phenoxy) is 1. The van der Waals surface area contributed by atoms with E-state index in [2.05, 4.69) is 34.6 Å². The van der Waals surface area contributed by atoms with Gasteiger partial charge >= 0.3 is 0 Å². The number of fused-ring (bicyclic) bond motifs is 1. The molecule has 20 heavy (non-hydrogen) atoms. The minimum atomic E-state index is -0.129. The van der Waals surface area contributed by atoms with Crippen LogP contribution in [0.3, 0.4) is 0 Å². The van der Waals surface area contributed by atoms with E-state index in [1.165, 1.54) is 0 Å². The first-order chi connectivity index (χ1) is 9.56. The molecule has 0 saturated carbocycles. The Labute approximate surface area is 117 Å². The lowest BCUT2D eigenvalue weighted by Gasteiger charge is -2.15. The quantitative estimate of drug-likeness (QED) is 0.842. The molecule has 6 heteroatoms. The molecular weight excluding hydrogens is 256 g/mol. The fourth-order valence-electron chi connectivity index (χ4n) is 1.81. The Morgan fingerprint density at radius 2 is 2.00 bits per heavy atom. The Morgan fingerprint density at radius 1 is 1.25 bits per heavy atom. The Morgan fingerprint density at radius 3 is 2.75 bits per heavy atom. The zero-order chi connectivity index (χ0) is 14.5. The predicted molar refractivity (Wildman–Crippen MR) is 76.5 cm³/mol. The summed E-state index contributed by atoms with van der Waals surface area (Å²) < 4.78 is 5.51. The summed E-state index contributed by atoms with van der Waals surface area (Å²) >= 11 is 0. The molecule has 2 N–H and O–H groups in total. The van der Waals surface area contributed by atoms with Gasteiger partial charge in [0.2, 0.25) is 0 Å². The lowest BCUT2D eigenvalue weighted by Crippen LogP contribution is -2.36. The Bertz CT molecular complexity index is 579. The first-order valence-electron chi connectivity index (χ1n) is 6.75. The minimum absolute atomic E-state index is 0.0331. The second-order valence-electron chi connectivity index (χ2n) is 5.33. The van der Waals surface area contributed by atoms with Crippen molar-refractivity contribution in [3.63, 3.8) is 0 Å². The predicted octanol–water partition coefficient (Wildman–Crippen LogP) is 1.75. The molecule has 0 radical (unpaired) electrons. The van der Waals surface area contributed by atoms with Crippen molar-refractivity contribution in [2.75, 3.05) is 13.2 Å². The van der Waals surface area contributed by atoms with Crippen LogP contribution in [0.5, 0.6) is 0 Å². The van der Waals surface area contributed by atoms with Crippen LogP contribution in [0.4, 0.5) is 0 Å². The van der Waals surface area contributed by atoms with Crippen LogP contribution in [0.15, 0.2) is 18.2 Å². The zero-order valence-corrected chi connectivity index (χ0v) is 12.0. The van der Waals surface area contributed by atoms with E-state index in [1.54, 1.807) is 18.2 Å². The van der Waals surface area contributed by atoms with Gasteiger partial charge in [-0.3, -0.25) is 4.79 Å². The van der Waals surface area contributed by atoms with Crippen LogP contribution >= 0.6 is 0 Å². The number of H-pyrrole nitrogens is 1. The molecule has 0 saturated heterocycles. The molecule has 0 fully saturated rings. The lowest BCUT2D eigenvalue weighted by molar-refractivity contribution is 0.0792. The molecule has 1 aromatic heterocycles. The van der Waals surface area contributed by atoms with E-state index >= 15 is 0 Å². The number of benzene rings is 1. The second-order valence-corrected chi connectivity index (χ2v) is 5.33. The largest absolute Gasteiger partial charge is 0.379 e. The third kappa shape index (κ3) is 3.77. The summed E-state index contributed by atoms with van der Waals surface area (Å²) in [5.74, 6) is 0.364. The number of aromatic amines is 1. The molecule has 1 amide bonds. The zero-order valence-electron chi connectivity index (χ0n) is 12.0. The van der Waals surface area contributed by atoms with Gasteiger partial charge < -0.3 is 10.1 Å². The van der Waals surface area contributed by atoms with Gasteiger partial charge in [0, 0.05) is 18.2 Å². The number of aromatic nitrogens is 3. The highest BCUT2D eigenvalue weighted by molar-refractivity contribution is 5.97. The summed E-state index contributed by atoms with van der Waals surface area (Å²) in [4.78, 5) is 12.1. The van der Waals surface area contributed by atoms with Crippen molar-refractivity contribution >= 4 is 16.9 Å². The van der Waals surface area contributed by atoms with Crippen LogP contribution in [0.25, 0.3) is 11.0 Å². The van der Waals surface area contributed by atoms with Crippen molar-refractivity contribution in [1.82, 2.24) is 20.7 Å². The lowest BCUT2D eigenvalue weighted by atomic mass is 10.2. The topological polar surface area (TPSA) is 79.9 Å². The highest BCUT2D eigenvalue weighted by Crippen LogP contribution is 2.10.